The molecule has 0 aromatic heterocycles. The van der Waals surface area contributed by atoms with E-state index in [4.69, 9.17) is 5.11 Å². The lowest BCUT2D eigenvalue weighted by Crippen LogP contribution is -2.56. The molecule has 0 aromatic rings. The number of hydrogen-bond donors (Lipinski definition) is 1. The zero-order valence-corrected chi connectivity index (χ0v) is 8.61. The summed E-state index contributed by atoms with van der Waals surface area (Å²) in [5.41, 5.74) is -3.02. The van der Waals surface area contributed by atoms with Crippen molar-refractivity contribution in [3.8, 4) is 0 Å². The molecule has 17 heavy (non-hydrogen) atoms. The van der Waals surface area contributed by atoms with Gasteiger partial charge in [0.25, 0.3) is 5.54 Å². The lowest BCUT2D eigenvalue weighted by Gasteiger charge is -2.36. The molecule has 2 aliphatic heterocycles. The number of nitrogens with zero attached hydrogens (tertiary/aromatic N) is 2. The van der Waals surface area contributed by atoms with Crippen LogP contribution in [0.15, 0.2) is 29.4 Å². The van der Waals surface area contributed by atoms with E-state index in [1.165, 1.54) is 17.1 Å². The quantitative estimate of drug-likeness (QED) is 0.763. The fourth-order valence-electron chi connectivity index (χ4n) is 1.77. The highest BCUT2D eigenvalue weighted by Gasteiger charge is 2.62. The summed E-state index contributed by atoms with van der Waals surface area (Å²) < 4.78 is 38.6. The van der Waals surface area contributed by atoms with Gasteiger partial charge in [-0.1, -0.05) is 6.08 Å². The highest BCUT2D eigenvalue weighted by atomic mass is 19.4. The van der Waals surface area contributed by atoms with E-state index < -0.39 is 24.1 Å². The van der Waals surface area contributed by atoms with Crippen LogP contribution < -0.4 is 0 Å². The van der Waals surface area contributed by atoms with Gasteiger partial charge in [0.2, 0.25) is 0 Å². The van der Waals surface area contributed by atoms with Crippen LogP contribution in [0.5, 0.6) is 0 Å². The summed E-state index contributed by atoms with van der Waals surface area (Å²) >= 11 is 0. The fourth-order valence-corrected chi connectivity index (χ4v) is 1.77. The zero-order chi connectivity index (χ0) is 12.7. The van der Waals surface area contributed by atoms with Crippen LogP contribution in [-0.4, -0.2) is 40.1 Å². The molecule has 1 N–H and O–H groups in total. The largest absolute Gasteiger partial charge is 0.479 e. The molecule has 92 valence electrons. The van der Waals surface area contributed by atoms with Gasteiger partial charge in [0, 0.05) is 19.2 Å². The van der Waals surface area contributed by atoms with Gasteiger partial charge < -0.3 is 10.0 Å². The minimum Gasteiger partial charge on any atom is -0.479 e. The highest BCUT2D eigenvalue weighted by Crippen LogP contribution is 2.39. The number of rotatable bonds is 1. The number of aliphatic imine (C=N–C) groups is 1. The Balaban J connectivity index is 2.48. The summed E-state index contributed by atoms with van der Waals surface area (Å²) in [5, 5.41) is 8.83. The Hall–Kier alpha value is -1.79. The predicted octanol–water partition coefficient (Wildman–Crippen LogP) is 1.56. The minimum absolute atomic E-state index is 0.0223. The normalized spacial score (nSPS) is 27.7. The van der Waals surface area contributed by atoms with E-state index in [0.717, 1.165) is 0 Å². The number of aliphatic carboxylic acids is 1. The third-order valence-electron chi connectivity index (χ3n) is 2.76. The van der Waals surface area contributed by atoms with Crippen molar-refractivity contribution in [3.05, 3.63) is 24.4 Å². The third-order valence-corrected chi connectivity index (χ3v) is 2.76. The number of fused-ring (bicyclic) bond motifs is 1. The maximum absolute atomic E-state index is 12.9. The first kappa shape index (κ1) is 11.7. The average molecular weight is 246 g/mol. The lowest BCUT2D eigenvalue weighted by molar-refractivity contribution is -0.203. The molecular weight excluding hydrogens is 237 g/mol. The molecule has 0 bridgehead atoms. The van der Waals surface area contributed by atoms with Crippen molar-refractivity contribution in [1.82, 2.24) is 4.90 Å². The molecule has 2 rings (SSSR count). The van der Waals surface area contributed by atoms with E-state index in [1.807, 2.05) is 0 Å². The Morgan fingerprint density at radius 1 is 1.47 bits per heavy atom. The van der Waals surface area contributed by atoms with Gasteiger partial charge in [0.15, 0.2) is 0 Å². The van der Waals surface area contributed by atoms with Crippen molar-refractivity contribution in [1.29, 1.82) is 0 Å². The van der Waals surface area contributed by atoms with Crippen LogP contribution in [-0.2, 0) is 4.79 Å². The van der Waals surface area contributed by atoms with Gasteiger partial charge in [-0.3, -0.25) is 0 Å². The summed E-state index contributed by atoms with van der Waals surface area (Å²) in [6.45, 7) is -0.0223. The van der Waals surface area contributed by atoms with E-state index in [1.54, 1.807) is 12.3 Å². The molecular formula is C10H9F3N2O2. The molecule has 7 heteroatoms. The van der Waals surface area contributed by atoms with Crippen molar-refractivity contribution in [3.63, 3.8) is 0 Å². The van der Waals surface area contributed by atoms with Crippen LogP contribution >= 0.6 is 0 Å². The Bertz CT molecular complexity index is 439. The standard InChI is InChI=1S/C10H9F3N2O2/c11-10(12,13)9(8(16)17)4-6-15-5-2-1-3-7(15)14-9/h1-3,5H,4,6H2,(H,16,17). The van der Waals surface area contributed by atoms with E-state index >= 15 is 0 Å². The van der Waals surface area contributed by atoms with Gasteiger partial charge in [0.05, 0.1) is 0 Å². The number of halogens is 3. The Kier molecular flexibility index (Phi) is 2.48. The van der Waals surface area contributed by atoms with Crippen molar-refractivity contribution >= 4 is 11.8 Å². The lowest BCUT2D eigenvalue weighted by atomic mass is 9.92. The van der Waals surface area contributed by atoms with Gasteiger partial charge in [-0.05, 0) is 12.2 Å². The first-order chi connectivity index (χ1) is 7.87. The second kappa shape index (κ2) is 3.61. The third kappa shape index (κ3) is 1.71. The molecule has 0 radical (unpaired) electrons. The van der Waals surface area contributed by atoms with Gasteiger partial charge >= 0.3 is 12.1 Å². The van der Waals surface area contributed by atoms with Gasteiger partial charge in [-0.15, -0.1) is 0 Å². The topological polar surface area (TPSA) is 52.9 Å². The molecule has 0 aliphatic carbocycles. The molecule has 0 spiro atoms. The van der Waals surface area contributed by atoms with Gasteiger partial charge in [-0.2, -0.15) is 13.2 Å². The van der Waals surface area contributed by atoms with Crippen LogP contribution in [0.4, 0.5) is 13.2 Å². The van der Waals surface area contributed by atoms with E-state index in [0.29, 0.717) is 0 Å². The SMILES string of the molecule is O=C(O)C1(C(F)(F)F)CCN2C=CC=CC2=N1. The molecule has 2 heterocycles. The molecule has 1 unspecified atom stereocenters. The van der Waals surface area contributed by atoms with E-state index in [9.17, 15) is 18.0 Å². The molecule has 0 saturated heterocycles. The molecule has 0 fully saturated rings. The number of carbonyl (C=O) groups is 1. The molecule has 1 atom stereocenters. The number of hydrogen-bond acceptors (Lipinski definition) is 3. The maximum Gasteiger partial charge on any atom is 0.424 e. The van der Waals surface area contributed by atoms with Crippen molar-refractivity contribution in [2.24, 2.45) is 4.99 Å². The maximum atomic E-state index is 12.9. The monoisotopic (exact) mass is 246 g/mol. The number of allylic oxidation sites excluding steroid dienone is 2. The number of carboxylic acids is 1. The van der Waals surface area contributed by atoms with Gasteiger partial charge in [-0.25, -0.2) is 9.79 Å². The first-order valence-electron chi connectivity index (χ1n) is 4.88. The Labute approximate surface area is 94.7 Å². The van der Waals surface area contributed by atoms with Gasteiger partial charge in [0.1, 0.15) is 5.84 Å². The first-order valence-corrected chi connectivity index (χ1v) is 4.88. The second-order valence-electron chi connectivity index (χ2n) is 3.78. The Morgan fingerprint density at radius 2 is 2.18 bits per heavy atom. The molecule has 0 aromatic carbocycles. The summed E-state index contributed by atoms with van der Waals surface area (Å²) in [6, 6.07) is 0. The Morgan fingerprint density at radius 3 is 2.76 bits per heavy atom. The molecule has 4 nitrogen and oxygen atoms in total. The van der Waals surface area contributed by atoms with E-state index in [2.05, 4.69) is 4.99 Å². The highest BCUT2D eigenvalue weighted by molar-refractivity contribution is 5.98. The van der Waals surface area contributed by atoms with Crippen LogP contribution in [0.3, 0.4) is 0 Å². The predicted molar refractivity (Wildman–Crippen MR) is 53.5 cm³/mol. The summed E-state index contributed by atoms with van der Waals surface area (Å²) in [6.07, 6.45) is 0.619. The molecule has 0 saturated carbocycles. The van der Waals surface area contributed by atoms with Crippen LogP contribution in [0.25, 0.3) is 0 Å². The minimum atomic E-state index is -4.90. The van der Waals surface area contributed by atoms with Crippen LogP contribution in [0.1, 0.15) is 6.42 Å². The van der Waals surface area contributed by atoms with Crippen molar-refractivity contribution in [2.45, 2.75) is 18.1 Å². The van der Waals surface area contributed by atoms with Crippen molar-refractivity contribution < 1.29 is 23.1 Å². The summed E-state index contributed by atoms with van der Waals surface area (Å²) in [7, 11) is 0. The molecule has 2 aliphatic rings. The van der Waals surface area contributed by atoms with Crippen LogP contribution in [0.2, 0.25) is 0 Å². The summed E-state index contributed by atoms with van der Waals surface area (Å²) in [4.78, 5) is 15.8. The molecule has 0 amide bonds. The number of carboxylic acid groups (broad SMARTS) is 1. The fraction of sp³-hybridized carbons (Fsp3) is 0.400. The zero-order valence-electron chi connectivity index (χ0n) is 8.61. The second-order valence-corrected chi connectivity index (χ2v) is 3.78. The smallest absolute Gasteiger partial charge is 0.424 e. The van der Waals surface area contributed by atoms with E-state index in [-0.39, 0.29) is 12.4 Å². The van der Waals surface area contributed by atoms with Crippen molar-refractivity contribution in [2.75, 3.05) is 6.54 Å². The van der Waals surface area contributed by atoms with Crippen LogP contribution in [0, 0.1) is 0 Å². The number of alkyl halides is 3. The number of amidine groups is 1. The average Bonchev–Trinajstić information content (AvgIpc) is 2.26. The summed E-state index contributed by atoms with van der Waals surface area (Å²) in [5.74, 6) is -1.93.